The smallest absolute Gasteiger partial charge is 0.258 e. The number of hydrogen-bond acceptors (Lipinski definition) is 4. The van der Waals surface area contributed by atoms with E-state index >= 15 is 0 Å². The van der Waals surface area contributed by atoms with Crippen LogP contribution < -0.4 is 10.1 Å². The first-order valence-electron chi connectivity index (χ1n) is 9.91. The number of pyridine rings is 1. The molecule has 0 bridgehead atoms. The van der Waals surface area contributed by atoms with E-state index in [1.165, 1.54) is 6.20 Å². The van der Waals surface area contributed by atoms with Gasteiger partial charge in [-0.25, -0.2) is 9.67 Å². The molecule has 5 aromatic rings. The van der Waals surface area contributed by atoms with E-state index in [4.69, 9.17) is 16.3 Å². The molecule has 0 fully saturated rings. The van der Waals surface area contributed by atoms with Gasteiger partial charge < -0.3 is 14.5 Å². The zero-order valence-corrected chi connectivity index (χ0v) is 17.6. The van der Waals surface area contributed by atoms with Crippen LogP contribution in [0.25, 0.3) is 11.3 Å². The van der Waals surface area contributed by atoms with Crippen molar-refractivity contribution in [3.8, 4) is 11.4 Å². The van der Waals surface area contributed by atoms with E-state index < -0.39 is 0 Å². The van der Waals surface area contributed by atoms with E-state index in [9.17, 15) is 4.79 Å². The number of carbonyl (C=O) groups excluding carboxylic acids is 1. The van der Waals surface area contributed by atoms with Crippen molar-refractivity contribution in [2.45, 2.75) is 6.61 Å². The topological polar surface area (TPSA) is 73.4 Å². The molecule has 2 aromatic carbocycles. The van der Waals surface area contributed by atoms with Crippen molar-refractivity contribution in [3.05, 3.63) is 108 Å². The number of anilines is 1. The molecule has 0 unspecified atom stereocenters. The average Bonchev–Trinajstić information content (AvgIpc) is 3.45. The number of carbonyl (C=O) groups is 1. The normalized spacial score (nSPS) is 10.9. The highest BCUT2D eigenvalue weighted by Crippen LogP contribution is 2.20. The average molecular weight is 444 g/mol. The molecular formula is C24H18ClN5O2. The molecule has 7 nitrogen and oxygen atoms in total. The van der Waals surface area contributed by atoms with Crippen molar-refractivity contribution in [3.63, 3.8) is 0 Å². The zero-order chi connectivity index (χ0) is 21.9. The molecule has 0 aliphatic carbocycles. The van der Waals surface area contributed by atoms with Crippen LogP contribution in [0.15, 0.2) is 91.5 Å². The lowest BCUT2D eigenvalue weighted by Gasteiger charge is -2.08. The van der Waals surface area contributed by atoms with Crippen LogP contribution in [0.4, 0.5) is 5.69 Å². The Balaban J connectivity index is 1.25. The second-order valence-corrected chi connectivity index (χ2v) is 7.56. The second-order valence-electron chi connectivity index (χ2n) is 7.12. The third kappa shape index (κ3) is 4.33. The lowest BCUT2D eigenvalue weighted by molar-refractivity contribution is 0.102. The largest absolute Gasteiger partial charge is 0.487 e. The van der Waals surface area contributed by atoms with Gasteiger partial charge in [-0.1, -0.05) is 29.8 Å². The van der Waals surface area contributed by atoms with Gasteiger partial charge in [-0.05, 0) is 42.5 Å². The summed E-state index contributed by atoms with van der Waals surface area (Å²) in [5.41, 5.74) is 3.52. The molecule has 8 heteroatoms. The van der Waals surface area contributed by atoms with Gasteiger partial charge in [0.05, 0.1) is 23.1 Å². The summed E-state index contributed by atoms with van der Waals surface area (Å²) in [7, 11) is 0. The summed E-state index contributed by atoms with van der Waals surface area (Å²) < 4.78 is 9.42. The van der Waals surface area contributed by atoms with Gasteiger partial charge in [-0.2, -0.15) is 5.10 Å². The summed E-state index contributed by atoms with van der Waals surface area (Å²) in [4.78, 5) is 17.2. The maximum Gasteiger partial charge on any atom is 0.258 e. The van der Waals surface area contributed by atoms with Crippen LogP contribution in [0, 0.1) is 0 Å². The Bertz CT molecular complexity index is 1380. The van der Waals surface area contributed by atoms with Gasteiger partial charge in [-0.15, -0.1) is 0 Å². The maximum absolute atomic E-state index is 12.7. The summed E-state index contributed by atoms with van der Waals surface area (Å²) in [6.07, 6.45) is 7.04. The van der Waals surface area contributed by atoms with Gasteiger partial charge in [-0.3, -0.25) is 4.79 Å². The highest BCUT2D eigenvalue weighted by molar-refractivity contribution is 6.30. The van der Waals surface area contributed by atoms with Crippen molar-refractivity contribution in [2.24, 2.45) is 0 Å². The number of fused-ring (bicyclic) bond motifs is 1. The highest BCUT2D eigenvalue weighted by Gasteiger charge is 2.11. The monoisotopic (exact) mass is 443 g/mol. The van der Waals surface area contributed by atoms with Gasteiger partial charge in [0.1, 0.15) is 18.0 Å². The first kappa shape index (κ1) is 19.8. The SMILES string of the molecule is O=C(Nc1cccc(OCc2cn3ccccc3n2)c1)c1cnn(-c2cccc(Cl)c2)c1. The molecule has 5 rings (SSSR count). The number of aromatic nitrogens is 4. The molecule has 3 aromatic heterocycles. The lowest BCUT2D eigenvalue weighted by Crippen LogP contribution is -2.11. The Labute approximate surface area is 188 Å². The van der Waals surface area contributed by atoms with Crippen LogP contribution in [-0.2, 0) is 6.61 Å². The molecule has 0 aliphatic heterocycles. The minimum absolute atomic E-state index is 0.268. The van der Waals surface area contributed by atoms with Crippen molar-refractivity contribution in [2.75, 3.05) is 5.32 Å². The number of halogens is 1. The number of nitrogens with zero attached hydrogens (tertiary/aromatic N) is 4. The maximum atomic E-state index is 12.7. The van der Waals surface area contributed by atoms with Gasteiger partial charge >= 0.3 is 0 Å². The zero-order valence-electron chi connectivity index (χ0n) is 16.9. The van der Waals surface area contributed by atoms with Crippen LogP contribution in [0.1, 0.15) is 16.1 Å². The Morgan fingerprint density at radius 1 is 1.03 bits per heavy atom. The second kappa shape index (κ2) is 8.56. The fourth-order valence-electron chi connectivity index (χ4n) is 3.28. The minimum atomic E-state index is -0.268. The van der Waals surface area contributed by atoms with E-state index in [2.05, 4.69) is 15.4 Å². The number of benzene rings is 2. The van der Waals surface area contributed by atoms with Crippen molar-refractivity contribution in [1.29, 1.82) is 0 Å². The van der Waals surface area contributed by atoms with E-state index in [1.54, 1.807) is 35.1 Å². The molecular weight excluding hydrogens is 426 g/mol. The Morgan fingerprint density at radius 2 is 1.94 bits per heavy atom. The quantitative estimate of drug-likeness (QED) is 0.400. The molecule has 0 atom stereocenters. The third-order valence-corrected chi connectivity index (χ3v) is 5.05. The predicted octanol–water partition coefficient (Wildman–Crippen LogP) is 5.00. The predicted molar refractivity (Wildman–Crippen MR) is 122 cm³/mol. The van der Waals surface area contributed by atoms with Crippen LogP contribution in [-0.4, -0.2) is 25.1 Å². The number of ether oxygens (including phenoxy) is 1. The van der Waals surface area contributed by atoms with Gasteiger partial charge in [0.15, 0.2) is 0 Å². The Morgan fingerprint density at radius 3 is 2.81 bits per heavy atom. The Hall–Kier alpha value is -4.10. The van der Waals surface area contributed by atoms with Gasteiger partial charge in [0, 0.05) is 35.4 Å². The molecule has 32 heavy (non-hydrogen) atoms. The molecule has 1 amide bonds. The van der Waals surface area contributed by atoms with E-state index in [-0.39, 0.29) is 5.91 Å². The molecule has 0 radical (unpaired) electrons. The molecule has 0 aliphatic rings. The van der Waals surface area contributed by atoms with E-state index in [0.717, 1.165) is 17.0 Å². The minimum Gasteiger partial charge on any atom is -0.487 e. The van der Waals surface area contributed by atoms with Crippen LogP contribution in [0.5, 0.6) is 5.75 Å². The first-order chi connectivity index (χ1) is 15.6. The van der Waals surface area contributed by atoms with E-state index in [0.29, 0.717) is 28.6 Å². The summed E-state index contributed by atoms with van der Waals surface area (Å²) >= 11 is 6.03. The van der Waals surface area contributed by atoms with Gasteiger partial charge in [0.25, 0.3) is 5.91 Å². The van der Waals surface area contributed by atoms with E-state index in [1.807, 2.05) is 59.3 Å². The standard InChI is InChI=1S/C24H18ClN5O2/c25-18-5-3-7-21(11-18)30-14-17(13-26-30)24(31)28-19-6-4-8-22(12-19)32-16-20-15-29-10-2-1-9-23(29)27-20/h1-15H,16H2,(H,28,31). The summed E-state index contributed by atoms with van der Waals surface area (Å²) in [6, 6.07) is 20.3. The van der Waals surface area contributed by atoms with Crippen LogP contribution in [0.3, 0.4) is 0 Å². The first-order valence-corrected chi connectivity index (χ1v) is 10.3. The summed E-state index contributed by atoms with van der Waals surface area (Å²) in [5.74, 6) is 0.366. The fraction of sp³-hybridized carbons (Fsp3) is 0.0417. The van der Waals surface area contributed by atoms with Crippen molar-refractivity contribution in [1.82, 2.24) is 19.2 Å². The number of hydrogen-bond donors (Lipinski definition) is 1. The fourth-order valence-corrected chi connectivity index (χ4v) is 3.47. The van der Waals surface area contributed by atoms with Crippen LogP contribution in [0.2, 0.25) is 5.02 Å². The molecule has 0 saturated carbocycles. The van der Waals surface area contributed by atoms with Crippen molar-refractivity contribution >= 4 is 28.8 Å². The number of imidazole rings is 1. The lowest BCUT2D eigenvalue weighted by atomic mass is 10.2. The molecule has 158 valence electrons. The molecule has 0 spiro atoms. The molecule has 1 N–H and O–H groups in total. The Kier molecular flexibility index (Phi) is 5.31. The van der Waals surface area contributed by atoms with Crippen molar-refractivity contribution < 1.29 is 9.53 Å². The number of rotatable bonds is 6. The molecule has 0 saturated heterocycles. The van der Waals surface area contributed by atoms with Crippen LogP contribution >= 0.6 is 11.6 Å². The third-order valence-electron chi connectivity index (χ3n) is 4.81. The molecule has 3 heterocycles. The number of nitrogens with one attached hydrogen (secondary N) is 1. The summed E-state index contributed by atoms with van der Waals surface area (Å²) in [5, 5.41) is 7.73. The summed E-state index contributed by atoms with van der Waals surface area (Å²) in [6.45, 7) is 0.325. The van der Waals surface area contributed by atoms with Gasteiger partial charge in [0.2, 0.25) is 0 Å². The number of amides is 1. The highest BCUT2D eigenvalue weighted by atomic mass is 35.5.